The molecule has 1 heterocycles. The molecule has 3 rings (SSSR count). The van der Waals surface area contributed by atoms with Crippen LogP contribution in [0.4, 0.5) is 0 Å². The minimum atomic E-state index is -0.319. The van der Waals surface area contributed by atoms with Crippen molar-refractivity contribution in [3.05, 3.63) is 58.2 Å². The van der Waals surface area contributed by atoms with Gasteiger partial charge in [0.05, 0.1) is 20.8 Å². The Balaban J connectivity index is 1.96. The number of ether oxygens (including phenoxy) is 2. The summed E-state index contributed by atoms with van der Waals surface area (Å²) < 4.78 is 10.9. The van der Waals surface area contributed by atoms with Gasteiger partial charge in [-0.05, 0) is 53.2 Å². The molecule has 1 unspecified atom stereocenters. The maximum absolute atomic E-state index is 13.6. The number of nitrogens with one attached hydrogen (secondary N) is 1. The van der Waals surface area contributed by atoms with Crippen molar-refractivity contribution in [2.75, 3.05) is 27.3 Å². The lowest BCUT2D eigenvalue weighted by Gasteiger charge is -2.28. The number of benzene rings is 2. The third-order valence-electron chi connectivity index (χ3n) is 7.24. The number of nitrogens with zero attached hydrogens (tertiary/aromatic N) is 1. The average molecular weight is 521 g/mol. The zero-order valence-electron chi connectivity index (χ0n) is 24.5. The zero-order chi connectivity index (χ0) is 28.4. The molecule has 0 aliphatic carbocycles. The van der Waals surface area contributed by atoms with Crippen LogP contribution < -0.4 is 9.47 Å². The van der Waals surface area contributed by atoms with E-state index in [-0.39, 0.29) is 34.8 Å². The number of likely N-dealkylation sites (tertiary alicyclic amines) is 1. The van der Waals surface area contributed by atoms with Crippen LogP contribution in [-0.4, -0.2) is 48.9 Å². The van der Waals surface area contributed by atoms with E-state index in [1.54, 1.807) is 14.2 Å². The molecule has 0 spiro atoms. The zero-order valence-corrected chi connectivity index (χ0v) is 24.5. The number of carbonyl (C=O) groups excluding carboxylic acids is 1. The van der Waals surface area contributed by atoms with Crippen LogP contribution in [0.5, 0.6) is 17.2 Å². The second-order valence-electron chi connectivity index (χ2n) is 12.3. The van der Waals surface area contributed by atoms with Gasteiger partial charge >= 0.3 is 0 Å². The smallest absolute Gasteiger partial charge is 0.182 e. The van der Waals surface area contributed by atoms with Crippen LogP contribution in [0.15, 0.2) is 35.9 Å². The minimum absolute atomic E-state index is 0.0516. The van der Waals surface area contributed by atoms with Crippen molar-refractivity contribution in [1.29, 1.82) is 5.41 Å². The Bertz CT molecular complexity index is 1200. The van der Waals surface area contributed by atoms with E-state index in [1.165, 1.54) is 0 Å². The van der Waals surface area contributed by atoms with Gasteiger partial charge < -0.3 is 19.5 Å². The fourth-order valence-corrected chi connectivity index (χ4v) is 5.07. The van der Waals surface area contributed by atoms with Crippen molar-refractivity contribution in [2.24, 2.45) is 5.92 Å². The van der Waals surface area contributed by atoms with E-state index in [4.69, 9.17) is 14.9 Å². The first-order valence-corrected chi connectivity index (χ1v) is 13.4. The first-order valence-electron chi connectivity index (χ1n) is 13.4. The number of carbonyl (C=O) groups is 1. The van der Waals surface area contributed by atoms with Gasteiger partial charge in [0.1, 0.15) is 23.1 Å². The Morgan fingerprint density at radius 2 is 1.66 bits per heavy atom. The Kier molecular flexibility index (Phi) is 8.65. The summed E-state index contributed by atoms with van der Waals surface area (Å²) in [6, 6.07) is 9.32. The summed E-state index contributed by atoms with van der Waals surface area (Å²) in [6.07, 6.45) is 3.93. The molecule has 0 bridgehead atoms. The van der Waals surface area contributed by atoms with Crippen molar-refractivity contribution < 1.29 is 19.4 Å². The normalized spacial score (nSPS) is 17.3. The molecule has 2 N–H and O–H groups in total. The summed E-state index contributed by atoms with van der Waals surface area (Å²) in [5.41, 5.74) is 3.26. The van der Waals surface area contributed by atoms with Crippen molar-refractivity contribution in [1.82, 2.24) is 4.90 Å². The van der Waals surface area contributed by atoms with Gasteiger partial charge in [0.15, 0.2) is 5.78 Å². The molecule has 38 heavy (non-hydrogen) atoms. The van der Waals surface area contributed by atoms with Crippen molar-refractivity contribution in [3.8, 4) is 17.2 Å². The second-order valence-corrected chi connectivity index (χ2v) is 12.3. The van der Waals surface area contributed by atoms with E-state index >= 15 is 0 Å². The lowest BCUT2D eigenvalue weighted by atomic mass is 9.78. The number of amidine groups is 1. The Morgan fingerprint density at radius 1 is 1.05 bits per heavy atom. The number of rotatable bonds is 8. The topological polar surface area (TPSA) is 82.9 Å². The summed E-state index contributed by atoms with van der Waals surface area (Å²) in [6.45, 7) is 15.1. The van der Waals surface area contributed by atoms with Gasteiger partial charge in [-0.15, -0.1) is 0 Å². The summed E-state index contributed by atoms with van der Waals surface area (Å²) in [5.74, 6) is 2.13. The van der Waals surface area contributed by atoms with Gasteiger partial charge in [-0.1, -0.05) is 54.9 Å². The maximum Gasteiger partial charge on any atom is 0.182 e. The first kappa shape index (κ1) is 29.3. The predicted octanol–water partition coefficient (Wildman–Crippen LogP) is 6.98. The van der Waals surface area contributed by atoms with E-state index in [0.29, 0.717) is 29.4 Å². The van der Waals surface area contributed by atoms with Crippen LogP contribution in [0.1, 0.15) is 88.4 Å². The highest BCUT2D eigenvalue weighted by Gasteiger charge is 2.34. The van der Waals surface area contributed by atoms with Gasteiger partial charge in [-0.2, -0.15) is 0 Å². The molecule has 206 valence electrons. The van der Waals surface area contributed by atoms with E-state index < -0.39 is 0 Å². The highest BCUT2D eigenvalue weighted by Crippen LogP contribution is 2.40. The largest absolute Gasteiger partial charge is 0.507 e. The van der Waals surface area contributed by atoms with E-state index in [0.717, 1.165) is 35.1 Å². The van der Waals surface area contributed by atoms with Crippen LogP contribution in [0, 0.1) is 11.3 Å². The standard InChI is InChI=1S/C32H44N2O4/c1-10-11-21-18-34(30(33)24(21)14-20-12-13-23(37-8)17-28(20)38-9)19-27(35)22-15-25(31(2,3)4)29(36)26(16-22)32(5,6)7/h12-17,21,33,36H,10-11,18-19H2,1-9H3. The molecule has 0 amide bonds. The highest BCUT2D eigenvalue weighted by molar-refractivity contribution is 6.06. The Morgan fingerprint density at radius 3 is 2.16 bits per heavy atom. The number of phenols is 1. The van der Waals surface area contributed by atoms with Crippen LogP contribution in [0.25, 0.3) is 6.08 Å². The number of hydrogen-bond donors (Lipinski definition) is 2. The molecule has 1 aliphatic rings. The third-order valence-corrected chi connectivity index (χ3v) is 7.24. The number of phenolic OH excluding ortho intramolecular Hbond substituents is 1. The van der Waals surface area contributed by atoms with Gasteiger partial charge in [0.2, 0.25) is 0 Å². The molecule has 2 aromatic carbocycles. The monoisotopic (exact) mass is 520 g/mol. The molecule has 2 aromatic rings. The number of aromatic hydroxyl groups is 1. The molecule has 6 heteroatoms. The molecule has 1 aliphatic heterocycles. The van der Waals surface area contributed by atoms with Crippen LogP contribution in [0.3, 0.4) is 0 Å². The van der Waals surface area contributed by atoms with Crippen molar-refractivity contribution >= 4 is 17.7 Å². The summed E-state index contributed by atoms with van der Waals surface area (Å²) in [5, 5.41) is 20.1. The lowest BCUT2D eigenvalue weighted by Crippen LogP contribution is -2.31. The summed E-state index contributed by atoms with van der Waals surface area (Å²) >= 11 is 0. The maximum atomic E-state index is 13.6. The molecular formula is C32H44N2O4. The highest BCUT2D eigenvalue weighted by atomic mass is 16.5. The van der Waals surface area contributed by atoms with Crippen LogP contribution >= 0.6 is 0 Å². The predicted molar refractivity (Wildman–Crippen MR) is 155 cm³/mol. The Labute approximate surface area is 228 Å². The molecule has 1 atom stereocenters. The molecule has 0 aromatic heterocycles. The number of Topliss-reactive ketones (excluding diaryl/α,β-unsaturated/α-hetero) is 1. The van der Waals surface area contributed by atoms with Gasteiger partial charge in [-0.3, -0.25) is 10.2 Å². The second kappa shape index (κ2) is 11.2. The van der Waals surface area contributed by atoms with Crippen molar-refractivity contribution in [2.45, 2.75) is 72.1 Å². The number of hydrogen-bond acceptors (Lipinski definition) is 5. The molecule has 1 fully saturated rings. The molecule has 1 saturated heterocycles. The fraction of sp³-hybridized carbons (Fsp3) is 0.500. The summed E-state index contributed by atoms with van der Waals surface area (Å²) in [4.78, 5) is 15.5. The molecule has 0 saturated carbocycles. The fourth-order valence-electron chi connectivity index (χ4n) is 5.07. The molecule has 0 radical (unpaired) electrons. The molecular weight excluding hydrogens is 476 g/mol. The van der Waals surface area contributed by atoms with Gasteiger partial charge in [0, 0.05) is 40.8 Å². The number of ketones is 1. The summed E-state index contributed by atoms with van der Waals surface area (Å²) in [7, 11) is 3.25. The van der Waals surface area contributed by atoms with Crippen LogP contribution in [-0.2, 0) is 10.8 Å². The first-order chi connectivity index (χ1) is 17.7. The lowest BCUT2D eigenvalue weighted by molar-refractivity contribution is 0.0963. The van der Waals surface area contributed by atoms with E-state index in [1.807, 2.05) is 82.9 Å². The van der Waals surface area contributed by atoms with E-state index in [2.05, 4.69) is 6.92 Å². The van der Waals surface area contributed by atoms with E-state index in [9.17, 15) is 9.90 Å². The third kappa shape index (κ3) is 6.23. The Hall–Kier alpha value is -3.28. The number of methoxy groups -OCH3 is 2. The molecule has 6 nitrogen and oxygen atoms in total. The average Bonchev–Trinajstić information content (AvgIpc) is 3.11. The quantitative estimate of drug-likeness (QED) is 0.367. The van der Waals surface area contributed by atoms with Crippen molar-refractivity contribution in [3.63, 3.8) is 0 Å². The van der Waals surface area contributed by atoms with Crippen LogP contribution in [0.2, 0.25) is 0 Å². The van der Waals surface area contributed by atoms with Gasteiger partial charge in [-0.25, -0.2) is 0 Å². The SMILES string of the molecule is CCCC1CN(CC(=O)c2cc(C(C)(C)C)c(O)c(C(C)(C)C)c2)C(=N)C1=Cc1ccc(OC)cc1OC. The van der Waals surface area contributed by atoms with Gasteiger partial charge in [0.25, 0.3) is 0 Å². The minimum Gasteiger partial charge on any atom is -0.507 e.